The molecule has 0 unspecified atom stereocenters. The maximum absolute atomic E-state index is 12.8. The number of rotatable bonds is 5. The second kappa shape index (κ2) is 9.19. The summed E-state index contributed by atoms with van der Waals surface area (Å²) in [5.74, 6) is 0.132. The molecule has 3 aromatic rings. The Kier molecular flexibility index (Phi) is 5.93. The van der Waals surface area contributed by atoms with Crippen molar-refractivity contribution in [2.75, 3.05) is 20.5 Å². The van der Waals surface area contributed by atoms with Crippen molar-refractivity contribution in [1.29, 1.82) is 0 Å². The number of hydrogen-bond donors (Lipinski definition) is 5. The maximum Gasteiger partial charge on any atom is 0.342 e. The van der Waals surface area contributed by atoms with Crippen molar-refractivity contribution in [3.63, 3.8) is 0 Å². The number of phenols is 1. The van der Waals surface area contributed by atoms with Crippen molar-refractivity contribution in [3.05, 3.63) is 41.5 Å². The van der Waals surface area contributed by atoms with Crippen LogP contribution in [0.4, 0.5) is 0 Å². The van der Waals surface area contributed by atoms with E-state index in [1.165, 1.54) is 13.2 Å². The number of carbonyl (C=O) groups excluding carboxylic acids is 1. The van der Waals surface area contributed by atoms with E-state index in [9.17, 15) is 30.3 Å². The number of aliphatic hydroxyl groups excluding tert-OH is 4. The molecule has 5 atom stereocenters. The van der Waals surface area contributed by atoms with Crippen LogP contribution in [0.1, 0.15) is 15.9 Å². The number of ether oxygens (including phenoxy) is 6. The summed E-state index contributed by atoms with van der Waals surface area (Å²) in [7, 11) is 1.39. The summed E-state index contributed by atoms with van der Waals surface area (Å²) in [5, 5.41) is 52.2. The van der Waals surface area contributed by atoms with Gasteiger partial charge in [-0.25, -0.2) is 4.79 Å². The summed E-state index contributed by atoms with van der Waals surface area (Å²) in [6.07, 6.45) is -7.82. The average Bonchev–Trinajstić information content (AvgIpc) is 3.55. The van der Waals surface area contributed by atoms with Crippen LogP contribution in [0.5, 0.6) is 28.7 Å². The van der Waals surface area contributed by atoms with Gasteiger partial charge in [0.2, 0.25) is 13.1 Å². The minimum Gasteiger partial charge on any atom is -0.504 e. The predicted octanol–water partition coefficient (Wildman–Crippen LogP) is 0.799. The number of aliphatic hydroxyl groups is 4. The van der Waals surface area contributed by atoms with Crippen molar-refractivity contribution >= 4 is 16.7 Å². The van der Waals surface area contributed by atoms with Gasteiger partial charge in [0.15, 0.2) is 23.0 Å². The smallest absolute Gasteiger partial charge is 0.342 e. The van der Waals surface area contributed by atoms with E-state index in [4.69, 9.17) is 28.4 Å². The van der Waals surface area contributed by atoms with Crippen LogP contribution in [0, 0.1) is 0 Å². The van der Waals surface area contributed by atoms with Gasteiger partial charge >= 0.3 is 5.97 Å². The number of fused-ring (bicyclic) bond motifs is 3. The van der Waals surface area contributed by atoms with E-state index in [0.29, 0.717) is 39.0 Å². The molecule has 3 heterocycles. The number of aromatic hydroxyl groups is 1. The number of hydrogen-bond acceptors (Lipinski definition) is 12. The summed E-state index contributed by atoms with van der Waals surface area (Å²) in [5.41, 5.74) is 1.75. The minimum atomic E-state index is -1.72. The van der Waals surface area contributed by atoms with Crippen molar-refractivity contribution in [2.24, 2.45) is 0 Å². The van der Waals surface area contributed by atoms with E-state index in [0.717, 1.165) is 0 Å². The summed E-state index contributed by atoms with van der Waals surface area (Å²) < 4.78 is 33.4. The molecule has 0 radical (unpaired) electrons. The number of methoxy groups -OCH3 is 1. The first-order valence-electron chi connectivity index (χ1n) is 11.8. The highest BCUT2D eigenvalue weighted by molar-refractivity contribution is 6.14. The van der Waals surface area contributed by atoms with E-state index in [2.05, 4.69) is 0 Å². The molecule has 6 rings (SSSR count). The van der Waals surface area contributed by atoms with Gasteiger partial charge in [0, 0.05) is 21.9 Å². The molecule has 3 aliphatic rings. The molecule has 0 aliphatic carbocycles. The SMILES string of the molecule is COc1c2c(c(-c3ccc4c(c3)OCO4)c3c(O[C@@H]4O[C@H](CO)[C@@H](O)[C@H](O)[C@H]4O)c(O)ccc13)COC2=O. The molecule has 1 fully saturated rings. The molecule has 38 heavy (non-hydrogen) atoms. The molecule has 12 nitrogen and oxygen atoms in total. The third kappa shape index (κ3) is 3.61. The fraction of sp³-hybridized carbons (Fsp3) is 0.346. The molecule has 12 heteroatoms. The van der Waals surface area contributed by atoms with Crippen LogP contribution in [0.15, 0.2) is 30.3 Å². The number of carbonyl (C=O) groups is 1. The number of benzene rings is 3. The van der Waals surface area contributed by atoms with Crippen LogP contribution in [-0.2, 0) is 16.1 Å². The van der Waals surface area contributed by atoms with E-state index < -0.39 is 43.3 Å². The van der Waals surface area contributed by atoms with Crippen LogP contribution >= 0.6 is 0 Å². The highest BCUT2D eigenvalue weighted by Gasteiger charge is 2.45. The molecule has 0 aromatic heterocycles. The molecule has 0 amide bonds. The Labute approximate surface area is 215 Å². The Hall–Kier alpha value is -3.81. The van der Waals surface area contributed by atoms with Crippen LogP contribution < -0.4 is 18.9 Å². The number of esters is 1. The highest BCUT2D eigenvalue weighted by atomic mass is 16.7. The average molecular weight is 528 g/mol. The Bertz CT molecular complexity index is 1430. The zero-order valence-electron chi connectivity index (χ0n) is 20.0. The Morgan fingerprint density at radius 3 is 2.50 bits per heavy atom. The molecule has 0 bridgehead atoms. The van der Waals surface area contributed by atoms with Crippen LogP contribution in [0.25, 0.3) is 21.9 Å². The van der Waals surface area contributed by atoms with E-state index >= 15 is 0 Å². The highest BCUT2D eigenvalue weighted by Crippen LogP contribution is 2.51. The fourth-order valence-corrected chi connectivity index (χ4v) is 5.11. The van der Waals surface area contributed by atoms with Gasteiger partial charge in [-0.15, -0.1) is 0 Å². The Morgan fingerprint density at radius 2 is 1.74 bits per heavy atom. The molecular weight excluding hydrogens is 504 g/mol. The fourth-order valence-electron chi connectivity index (χ4n) is 5.11. The monoisotopic (exact) mass is 528 g/mol. The van der Waals surface area contributed by atoms with Crippen LogP contribution in [0.3, 0.4) is 0 Å². The lowest BCUT2D eigenvalue weighted by Crippen LogP contribution is -2.60. The van der Waals surface area contributed by atoms with Gasteiger partial charge in [0.25, 0.3) is 0 Å². The first kappa shape index (κ1) is 24.5. The normalized spacial score (nSPS) is 25.8. The molecule has 3 aliphatic heterocycles. The first-order chi connectivity index (χ1) is 18.3. The summed E-state index contributed by atoms with van der Waals surface area (Å²) in [6, 6.07) is 8.04. The molecule has 200 valence electrons. The standard InChI is InChI=1S/C26H24O12/c1-33-23-11-3-4-13(28)24(38-26-22(31)21(30)20(29)16(7-27)37-26)18(11)17(12-8-34-25(32)19(12)23)10-2-5-14-15(6-10)36-9-35-14/h2-6,16,20-22,26-31H,7-9H2,1H3/t16-,20-,21+,22-,26+/m1/s1. The third-order valence-electron chi connectivity index (χ3n) is 6.96. The molecule has 0 saturated carbocycles. The van der Waals surface area contributed by atoms with Crippen molar-refractivity contribution in [3.8, 4) is 39.9 Å². The van der Waals surface area contributed by atoms with Gasteiger partial charge in [-0.2, -0.15) is 0 Å². The van der Waals surface area contributed by atoms with Gasteiger partial charge in [-0.3, -0.25) is 0 Å². The Morgan fingerprint density at radius 1 is 0.947 bits per heavy atom. The van der Waals surface area contributed by atoms with Gasteiger partial charge in [0.05, 0.1) is 13.7 Å². The lowest BCUT2D eigenvalue weighted by Gasteiger charge is -2.39. The second-order valence-corrected chi connectivity index (χ2v) is 9.06. The third-order valence-corrected chi connectivity index (χ3v) is 6.96. The minimum absolute atomic E-state index is 0.0497. The summed E-state index contributed by atoms with van der Waals surface area (Å²) in [4.78, 5) is 12.8. The van der Waals surface area contributed by atoms with Crippen molar-refractivity contribution in [2.45, 2.75) is 37.3 Å². The van der Waals surface area contributed by atoms with Gasteiger partial charge in [-0.1, -0.05) is 6.07 Å². The van der Waals surface area contributed by atoms with Gasteiger partial charge < -0.3 is 54.0 Å². The molecule has 1 saturated heterocycles. The lowest BCUT2D eigenvalue weighted by atomic mass is 9.89. The number of cyclic esters (lactones) is 1. The van der Waals surface area contributed by atoms with E-state index in [1.807, 2.05) is 0 Å². The zero-order chi connectivity index (χ0) is 26.7. The first-order valence-corrected chi connectivity index (χ1v) is 11.8. The van der Waals surface area contributed by atoms with Crippen LogP contribution in [-0.4, -0.2) is 82.7 Å². The van der Waals surface area contributed by atoms with Crippen LogP contribution in [0.2, 0.25) is 0 Å². The predicted molar refractivity (Wildman–Crippen MR) is 127 cm³/mol. The quantitative estimate of drug-likeness (QED) is 0.295. The molecule has 0 spiro atoms. The second-order valence-electron chi connectivity index (χ2n) is 9.06. The Balaban J connectivity index is 1.60. The van der Waals surface area contributed by atoms with E-state index in [1.54, 1.807) is 24.3 Å². The van der Waals surface area contributed by atoms with Crippen molar-refractivity contribution < 1.29 is 58.7 Å². The summed E-state index contributed by atoms with van der Waals surface area (Å²) in [6.45, 7) is -0.691. The molecule has 5 N–H and O–H groups in total. The maximum atomic E-state index is 12.8. The zero-order valence-corrected chi connectivity index (χ0v) is 20.0. The molecule has 3 aromatic carbocycles. The van der Waals surface area contributed by atoms with E-state index in [-0.39, 0.29) is 36.2 Å². The largest absolute Gasteiger partial charge is 0.504 e. The number of phenolic OH excluding ortho intramolecular Hbond substituents is 1. The lowest BCUT2D eigenvalue weighted by molar-refractivity contribution is -0.277. The topological polar surface area (TPSA) is 174 Å². The summed E-state index contributed by atoms with van der Waals surface area (Å²) >= 11 is 0. The van der Waals surface area contributed by atoms with Gasteiger partial charge in [-0.05, 0) is 29.8 Å². The molecular formula is C26H24O12. The van der Waals surface area contributed by atoms with Crippen molar-refractivity contribution in [1.82, 2.24) is 0 Å². The van der Waals surface area contributed by atoms with Gasteiger partial charge in [0.1, 0.15) is 42.3 Å².